The van der Waals surface area contributed by atoms with E-state index in [2.05, 4.69) is 22.4 Å². The van der Waals surface area contributed by atoms with Gasteiger partial charge < -0.3 is 9.64 Å². The van der Waals surface area contributed by atoms with Crippen LogP contribution in [0.3, 0.4) is 0 Å². The molecule has 164 valence electrons. The van der Waals surface area contributed by atoms with Gasteiger partial charge in [0.2, 0.25) is 0 Å². The van der Waals surface area contributed by atoms with Crippen LogP contribution in [0.5, 0.6) is 5.75 Å². The van der Waals surface area contributed by atoms with Gasteiger partial charge in [-0.3, -0.25) is 14.9 Å². The molecule has 0 radical (unpaired) electrons. The third-order valence-corrected chi connectivity index (χ3v) is 5.26. The quantitative estimate of drug-likeness (QED) is 0.391. The largest absolute Gasteiger partial charge is 0.484 e. The molecule has 0 aliphatic carbocycles. The number of hydrogen-bond donors (Lipinski definition) is 1. The number of nitrogens with one attached hydrogen (secondary N) is 1. The van der Waals surface area contributed by atoms with E-state index in [4.69, 9.17) is 4.74 Å². The summed E-state index contributed by atoms with van der Waals surface area (Å²) in [5.74, 6) is 0.205. The molecule has 0 spiro atoms. The summed E-state index contributed by atoms with van der Waals surface area (Å²) in [6.07, 6.45) is 6.93. The summed E-state index contributed by atoms with van der Waals surface area (Å²) < 4.78 is 5.47. The maximum atomic E-state index is 12.1. The Hall–Kier alpha value is -3.42. The lowest BCUT2D eigenvalue weighted by Crippen LogP contribution is -2.26. The first-order valence-electron chi connectivity index (χ1n) is 10.6. The highest BCUT2D eigenvalue weighted by Gasteiger charge is 2.16. The highest BCUT2D eigenvalue weighted by Crippen LogP contribution is 2.26. The number of carbonyl (C=O) groups excluding carboxylic acids is 1. The van der Waals surface area contributed by atoms with Crippen LogP contribution in [0.4, 0.5) is 11.4 Å². The van der Waals surface area contributed by atoms with Crippen LogP contribution in [0.25, 0.3) is 0 Å². The van der Waals surface area contributed by atoms with Gasteiger partial charge in [0.1, 0.15) is 5.75 Å². The topological polar surface area (TPSA) is 97.1 Å². The van der Waals surface area contributed by atoms with Gasteiger partial charge in [-0.25, -0.2) is 5.43 Å². The molecule has 8 heteroatoms. The van der Waals surface area contributed by atoms with E-state index < -0.39 is 10.8 Å². The molecule has 1 heterocycles. The van der Waals surface area contributed by atoms with E-state index in [1.54, 1.807) is 6.07 Å². The number of hydrogen-bond acceptors (Lipinski definition) is 6. The lowest BCUT2D eigenvalue weighted by molar-refractivity contribution is -0.384. The van der Waals surface area contributed by atoms with E-state index >= 15 is 0 Å². The second kappa shape index (κ2) is 11.1. The Labute approximate surface area is 182 Å². The maximum Gasteiger partial charge on any atom is 0.277 e. The fraction of sp³-hybridized carbons (Fsp3) is 0.391. The first kappa shape index (κ1) is 22.3. The molecule has 0 saturated carbocycles. The molecule has 3 rings (SSSR count). The second-order valence-corrected chi connectivity index (χ2v) is 7.48. The molecule has 0 aromatic heterocycles. The number of ether oxygens (including phenoxy) is 1. The van der Waals surface area contributed by atoms with Crippen LogP contribution in [0.2, 0.25) is 0 Å². The Morgan fingerprint density at radius 2 is 1.87 bits per heavy atom. The molecule has 31 heavy (non-hydrogen) atoms. The van der Waals surface area contributed by atoms with Gasteiger partial charge in [-0.1, -0.05) is 31.9 Å². The highest BCUT2D eigenvalue weighted by molar-refractivity contribution is 5.90. The lowest BCUT2D eigenvalue weighted by atomic mass is 10.1. The van der Waals surface area contributed by atoms with Crippen LogP contribution in [-0.4, -0.2) is 36.7 Å². The van der Waals surface area contributed by atoms with Crippen molar-refractivity contribution in [1.29, 1.82) is 0 Å². The van der Waals surface area contributed by atoms with E-state index in [1.165, 1.54) is 36.8 Å². The van der Waals surface area contributed by atoms with Crippen LogP contribution < -0.4 is 15.1 Å². The van der Waals surface area contributed by atoms with E-state index in [9.17, 15) is 14.9 Å². The zero-order valence-corrected chi connectivity index (χ0v) is 17.8. The van der Waals surface area contributed by atoms with Crippen molar-refractivity contribution in [2.75, 3.05) is 24.6 Å². The van der Waals surface area contributed by atoms with E-state index in [0.29, 0.717) is 11.3 Å². The molecule has 1 saturated heterocycles. The Balaban J connectivity index is 1.64. The number of carbonyl (C=O) groups is 1. The van der Waals surface area contributed by atoms with Crippen molar-refractivity contribution in [3.05, 3.63) is 63.7 Å². The molecule has 0 atom stereocenters. The normalized spacial score (nSPS) is 14.3. The summed E-state index contributed by atoms with van der Waals surface area (Å²) >= 11 is 0. The predicted octanol–water partition coefficient (Wildman–Crippen LogP) is 4.07. The van der Waals surface area contributed by atoms with Crippen molar-refractivity contribution in [3.63, 3.8) is 0 Å². The number of non-ortho nitro benzene ring substituents is 1. The van der Waals surface area contributed by atoms with Gasteiger partial charge in [0, 0.05) is 36.5 Å². The molecule has 2 aromatic carbocycles. The molecule has 1 fully saturated rings. The van der Waals surface area contributed by atoms with Crippen molar-refractivity contribution in [2.24, 2.45) is 5.10 Å². The van der Waals surface area contributed by atoms with Crippen molar-refractivity contribution < 1.29 is 14.5 Å². The van der Waals surface area contributed by atoms with Crippen molar-refractivity contribution in [3.8, 4) is 5.75 Å². The number of nitro benzene ring substituents is 1. The van der Waals surface area contributed by atoms with E-state index in [-0.39, 0.29) is 12.3 Å². The number of nitro groups is 1. The van der Waals surface area contributed by atoms with Gasteiger partial charge in [0.25, 0.3) is 11.6 Å². The number of amides is 1. The molecular formula is C23H28N4O4. The van der Waals surface area contributed by atoms with Crippen LogP contribution in [-0.2, 0) is 11.2 Å². The van der Waals surface area contributed by atoms with Crippen molar-refractivity contribution in [2.45, 2.75) is 39.0 Å². The van der Waals surface area contributed by atoms with Gasteiger partial charge in [-0.15, -0.1) is 0 Å². The number of hydrazone groups is 1. The van der Waals surface area contributed by atoms with Crippen LogP contribution >= 0.6 is 0 Å². The SMILES string of the molecule is CCc1ccc(OCC(=O)N/N=C/c2cc([N+](=O)[O-])ccc2N2CCCCCC2)cc1. The Morgan fingerprint density at radius 3 is 2.52 bits per heavy atom. The predicted molar refractivity (Wildman–Crippen MR) is 121 cm³/mol. The number of anilines is 1. The number of aryl methyl sites for hydroxylation is 1. The van der Waals surface area contributed by atoms with Gasteiger partial charge in [0.05, 0.1) is 11.1 Å². The molecule has 0 bridgehead atoms. The van der Waals surface area contributed by atoms with Gasteiger partial charge in [0.15, 0.2) is 6.61 Å². The number of rotatable bonds is 8. The van der Waals surface area contributed by atoms with E-state index in [1.807, 2.05) is 24.3 Å². The highest BCUT2D eigenvalue weighted by atomic mass is 16.6. The summed E-state index contributed by atoms with van der Waals surface area (Å²) in [6.45, 7) is 3.70. The summed E-state index contributed by atoms with van der Waals surface area (Å²) in [7, 11) is 0. The minimum absolute atomic E-state index is 0.00907. The second-order valence-electron chi connectivity index (χ2n) is 7.48. The maximum absolute atomic E-state index is 12.1. The number of benzene rings is 2. The van der Waals surface area contributed by atoms with E-state index in [0.717, 1.165) is 38.0 Å². The summed E-state index contributed by atoms with van der Waals surface area (Å²) in [5.41, 5.74) is 5.11. The molecule has 8 nitrogen and oxygen atoms in total. The number of nitrogens with zero attached hydrogens (tertiary/aromatic N) is 3. The zero-order chi connectivity index (χ0) is 22.1. The average Bonchev–Trinajstić information content (AvgIpc) is 3.07. The zero-order valence-electron chi connectivity index (χ0n) is 17.8. The molecule has 1 aliphatic rings. The van der Waals surface area contributed by atoms with Crippen molar-refractivity contribution >= 4 is 23.5 Å². The first-order chi connectivity index (χ1) is 15.1. The Bertz CT molecular complexity index is 920. The fourth-order valence-corrected chi connectivity index (χ4v) is 3.53. The molecule has 1 aliphatic heterocycles. The monoisotopic (exact) mass is 424 g/mol. The average molecular weight is 425 g/mol. The molecular weight excluding hydrogens is 396 g/mol. The minimum atomic E-state index is -0.431. The Kier molecular flexibility index (Phi) is 7.98. The standard InChI is InChI=1S/C23H28N4O4/c1-2-18-7-10-21(11-8-18)31-17-23(28)25-24-16-19-15-20(27(29)30)9-12-22(19)26-13-5-3-4-6-14-26/h7-12,15-16H,2-6,13-14,17H2,1H3,(H,25,28)/b24-16+. The van der Waals surface area contributed by atoms with Crippen LogP contribution in [0.1, 0.15) is 43.7 Å². The summed E-state index contributed by atoms with van der Waals surface area (Å²) in [5, 5.41) is 15.2. The van der Waals surface area contributed by atoms with Gasteiger partial charge in [-0.05, 0) is 43.0 Å². The minimum Gasteiger partial charge on any atom is -0.484 e. The molecule has 2 aromatic rings. The van der Waals surface area contributed by atoms with Gasteiger partial charge >= 0.3 is 0 Å². The molecule has 1 amide bonds. The summed E-state index contributed by atoms with van der Waals surface area (Å²) in [4.78, 5) is 25.1. The lowest BCUT2D eigenvalue weighted by Gasteiger charge is -2.24. The third-order valence-electron chi connectivity index (χ3n) is 5.26. The van der Waals surface area contributed by atoms with Crippen LogP contribution in [0, 0.1) is 10.1 Å². The molecule has 1 N–H and O–H groups in total. The van der Waals surface area contributed by atoms with Crippen LogP contribution in [0.15, 0.2) is 47.6 Å². The van der Waals surface area contributed by atoms with Crippen molar-refractivity contribution in [1.82, 2.24) is 5.43 Å². The van der Waals surface area contributed by atoms with Gasteiger partial charge in [-0.2, -0.15) is 5.10 Å². The molecule has 0 unspecified atom stereocenters. The third kappa shape index (κ3) is 6.53. The Morgan fingerprint density at radius 1 is 1.16 bits per heavy atom. The summed E-state index contributed by atoms with van der Waals surface area (Å²) in [6, 6.07) is 12.3. The smallest absolute Gasteiger partial charge is 0.277 e. The fourth-order valence-electron chi connectivity index (χ4n) is 3.53. The first-order valence-corrected chi connectivity index (χ1v) is 10.6.